The molecule has 5 nitrogen and oxygen atoms in total. The lowest BCUT2D eigenvalue weighted by molar-refractivity contribution is 0.0733. The lowest BCUT2D eigenvalue weighted by atomic mass is 9.94. The minimum Gasteiger partial charge on any atom is -0.423 e. The Hall–Kier alpha value is -1.89. The standard InChI is InChI=1S/C21H24ClNO4S/c1-14-10-15(2)13-23(12-14)28(25,26)19-7-4-17(5-8-19)21(24)27-20-9-6-18(22)11-16(20)3/h4-9,11,14-15H,10,12-13H2,1-3H3. The van der Waals surface area contributed by atoms with E-state index in [4.69, 9.17) is 16.3 Å². The Balaban J connectivity index is 1.76. The molecule has 1 aliphatic rings. The summed E-state index contributed by atoms with van der Waals surface area (Å²) in [6.07, 6.45) is 1.03. The van der Waals surface area contributed by atoms with Crippen molar-refractivity contribution in [1.82, 2.24) is 4.31 Å². The van der Waals surface area contributed by atoms with Gasteiger partial charge in [-0.25, -0.2) is 13.2 Å². The summed E-state index contributed by atoms with van der Waals surface area (Å²) in [7, 11) is -3.57. The number of hydrogen-bond donors (Lipinski definition) is 0. The van der Waals surface area contributed by atoms with Crippen molar-refractivity contribution in [2.75, 3.05) is 13.1 Å². The van der Waals surface area contributed by atoms with E-state index in [1.165, 1.54) is 28.6 Å². The number of carbonyl (C=O) groups is 1. The van der Waals surface area contributed by atoms with Gasteiger partial charge >= 0.3 is 5.97 Å². The molecule has 1 saturated heterocycles. The van der Waals surface area contributed by atoms with Gasteiger partial charge in [-0.2, -0.15) is 4.31 Å². The summed E-state index contributed by atoms with van der Waals surface area (Å²) >= 11 is 5.91. The molecule has 7 heteroatoms. The number of ether oxygens (including phenoxy) is 1. The SMILES string of the molecule is Cc1cc(Cl)ccc1OC(=O)c1ccc(S(=O)(=O)N2CC(C)CC(C)C2)cc1. The molecule has 0 aliphatic carbocycles. The van der Waals surface area contributed by atoms with Gasteiger partial charge in [-0.05, 0) is 73.2 Å². The van der Waals surface area contributed by atoms with Crippen molar-refractivity contribution in [3.8, 4) is 5.75 Å². The number of aryl methyl sites for hydroxylation is 1. The van der Waals surface area contributed by atoms with Gasteiger partial charge in [0.05, 0.1) is 10.5 Å². The average molecular weight is 422 g/mol. The quantitative estimate of drug-likeness (QED) is 0.537. The van der Waals surface area contributed by atoms with Crippen molar-refractivity contribution in [2.45, 2.75) is 32.1 Å². The van der Waals surface area contributed by atoms with Gasteiger partial charge in [0, 0.05) is 18.1 Å². The van der Waals surface area contributed by atoms with E-state index in [2.05, 4.69) is 13.8 Å². The molecule has 1 aliphatic heterocycles. The van der Waals surface area contributed by atoms with Gasteiger partial charge < -0.3 is 4.74 Å². The molecular weight excluding hydrogens is 398 g/mol. The Bertz CT molecular complexity index is 962. The van der Waals surface area contributed by atoms with E-state index >= 15 is 0 Å². The third kappa shape index (κ3) is 4.57. The smallest absolute Gasteiger partial charge is 0.343 e. The number of sulfonamides is 1. The van der Waals surface area contributed by atoms with Gasteiger partial charge in [-0.1, -0.05) is 25.4 Å². The molecule has 2 aromatic rings. The second kappa shape index (κ2) is 8.23. The van der Waals surface area contributed by atoms with Crippen molar-refractivity contribution in [3.63, 3.8) is 0 Å². The molecule has 1 fully saturated rings. The maximum absolute atomic E-state index is 12.9. The van der Waals surface area contributed by atoms with Crippen LogP contribution in [0.2, 0.25) is 5.02 Å². The third-order valence-electron chi connectivity index (χ3n) is 4.90. The number of piperidine rings is 1. The van der Waals surface area contributed by atoms with Crippen molar-refractivity contribution >= 4 is 27.6 Å². The topological polar surface area (TPSA) is 63.7 Å². The van der Waals surface area contributed by atoms with Crippen LogP contribution in [0.1, 0.15) is 36.2 Å². The van der Waals surface area contributed by atoms with Crippen LogP contribution in [0.4, 0.5) is 0 Å². The number of halogens is 1. The third-order valence-corrected chi connectivity index (χ3v) is 6.98. The lowest BCUT2D eigenvalue weighted by Crippen LogP contribution is -2.42. The highest BCUT2D eigenvalue weighted by atomic mass is 35.5. The molecule has 2 aromatic carbocycles. The number of esters is 1. The highest BCUT2D eigenvalue weighted by Crippen LogP contribution is 2.27. The maximum Gasteiger partial charge on any atom is 0.343 e. The Kier molecular flexibility index (Phi) is 6.12. The van der Waals surface area contributed by atoms with Gasteiger partial charge in [0.1, 0.15) is 5.75 Å². The lowest BCUT2D eigenvalue weighted by Gasteiger charge is -2.34. The summed E-state index contributed by atoms with van der Waals surface area (Å²) in [5.41, 5.74) is 1.03. The fraction of sp³-hybridized carbons (Fsp3) is 0.381. The zero-order valence-electron chi connectivity index (χ0n) is 16.2. The first kappa shape index (κ1) is 20.8. The minimum absolute atomic E-state index is 0.188. The fourth-order valence-corrected chi connectivity index (χ4v) is 5.51. The average Bonchev–Trinajstić information content (AvgIpc) is 2.63. The fourth-order valence-electron chi connectivity index (χ4n) is 3.60. The van der Waals surface area contributed by atoms with Gasteiger partial charge in [-0.15, -0.1) is 0 Å². The molecule has 1 heterocycles. The monoisotopic (exact) mass is 421 g/mol. The Labute approximate surface area is 171 Å². The molecule has 2 unspecified atom stereocenters. The van der Waals surface area contributed by atoms with Crippen LogP contribution < -0.4 is 4.74 Å². The van der Waals surface area contributed by atoms with Crippen LogP contribution in [-0.2, 0) is 10.0 Å². The van der Waals surface area contributed by atoms with Crippen LogP contribution in [0, 0.1) is 18.8 Å². The predicted octanol–water partition coefficient (Wildman–Crippen LogP) is 4.53. The molecule has 0 N–H and O–H groups in total. The zero-order chi connectivity index (χ0) is 20.5. The van der Waals surface area contributed by atoms with Crippen molar-refractivity contribution < 1.29 is 17.9 Å². The van der Waals surface area contributed by atoms with E-state index in [9.17, 15) is 13.2 Å². The highest BCUT2D eigenvalue weighted by molar-refractivity contribution is 7.89. The van der Waals surface area contributed by atoms with Gasteiger partial charge in [0.15, 0.2) is 0 Å². The molecule has 0 bridgehead atoms. The molecule has 0 aromatic heterocycles. The van der Waals surface area contributed by atoms with E-state index in [0.29, 0.717) is 35.7 Å². The molecule has 3 rings (SSSR count). The molecule has 0 saturated carbocycles. The molecule has 0 spiro atoms. The molecule has 150 valence electrons. The summed E-state index contributed by atoms with van der Waals surface area (Å²) in [5, 5.41) is 0.563. The number of nitrogens with zero attached hydrogens (tertiary/aromatic N) is 1. The van der Waals surface area contributed by atoms with Gasteiger partial charge in [0.2, 0.25) is 10.0 Å². The van der Waals surface area contributed by atoms with Crippen LogP contribution in [-0.4, -0.2) is 31.8 Å². The molecule has 0 amide bonds. The van der Waals surface area contributed by atoms with Crippen LogP contribution in [0.25, 0.3) is 0 Å². The van der Waals surface area contributed by atoms with Crippen LogP contribution in [0.3, 0.4) is 0 Å². The Morgan fingerprint density at radius 1 is 1.07 bits per heavy atom. The first-order valence-corrected chi connectivity index (χ1v) is 11.1. The van der Waals surface area contributed by atoms with Crippen LogP contribution >= 0.6 is 11.6 Å². The first-order valence-electron chi connectivity index (χ1n) is 9.25. The normalized spacial score (nSPS) is 20.7. The highest BCUT2D eigenvalue weighted by Gasteiger charge is 2.31. The van der Waals surface area contributed by atoms with Crippen LogP contribution in [0.5, 0.6) is 5.75 Å². The number of rotatable bonds is 4. The second-order valence-corrected chi connectivity index (χ2v) is 9.97. The summed E-state index contributed by atoms with van der Waals surface area (Å²) in [5.74, 6) is 0.530. The summed E-state index contributed by atoms with van der Waals surface area (Å²) in [4.78, 5) is 12.6. The number of benzene rings is 2. The van der Waals surface area contributed by atoms with E-state index in [1.54, 1.807) is 25.1 Å². The van der Waals surface area contributed by atoms with Gasteiger partial charge in [0.25, 0.3) is 0 Å². The molecule has 2 atom stereocenters. The molecule has 0 radical (unpaired) electrons. The van der Waals surface area contributed by atoms with Crippen LogP contribution in [0.15, 0.2) is 47.4 Å². The van der Waals surface area contributed by atoms with Crippen molar-refractivity contribution in [2.24, 2.45) is 11.8 Å². The predicted molar refractivity (Wildman–Crippen MR) is 109 cm³/mol. The zero-order valence-corrected chi connectivity index (χ0v) is 17.8. The maximum atomic E-state index is 12.9. The number of hydrogen-bond acceptors (Lipinski definition) is 4. The van der Waals surface area contributed by atoms with E-state index in [-0.39, 0.29) is 10.5 Å². The van der Waals surface area contributed by atoms with Crippen molar-refractivity contribution in [3.05, 3.63) is 58.6 Å². The molecular formula is C21H24ClNO4S. The Morgan fingerprint density at radius 2 is 1.68 bits per heavy atom. The second-order valence-electron chi connectivity index (χ2n) is 7.59. The largest absolute Gasteiger partial charge is 0.423 e. The van der Waals surface area contributed by atoms with E-state index < -0.39 is 16.0 Å². The summed E-state index contributed by atoms with van der Waals surface area (Å²) in [6.45, 7) is 6.97. The van der Waals surface area contributed by atoms with E-state index in [0.717, 1.165) is 12.0 Å². The van der Waals surface area contributed by atoms with Gasteiger partial charge in [-0.3, -0.25) is 0 Å². The van der Waals surface area contributed by atoms with E-state index in [1.807, 2.05) is 0 Å². The van der Waals surface area contributed by atoms with Crippen molar-refractivity contribution in [1.29, 1.82) is 0 Å². The first-order chi connectivity index (χ1) is 13.2. The summed E-state index contributed by atoms with van der Waals surface area (Å²) < 4.78 is 32.8. The number of carbonyl (C=O) groups excluding carboxylic acids is 1. The summed E-state index contributed by atoms with van der Waals surface area (Å²) in [6, 6.07) is 10.9. The Morgan fingerprint density at radius 3 is 2.25 bits per heavy atom. The minimum atomic E-state index is -3.57. The molecule has 28 heavy (non-hydrogen) atoms.